The largest absolute Gasteiger partial charge is 0.324 e. The van der Waals surface area contributed by atoms with Crippen LogP contribution in [0.3, 0.4) is 0 Å². The molecule has 1 aliphatic heterocycles. The molecular formula is C13H18ClN3O2. The van der Waals surface area contributed by atoms with E-state index in [0.29, 0.717) is 12.1 Å². The minimum Gasteiger partial charge on any atom is -0.324 e. The van der Waals surface area contributed by atoms with E-state index in [9.17, 15) is 9.59 Å². The number of anilines is 2. The van der Waals surface area contributed by atoms with Gasteiger partial charge in [0.05, 0.1) is 17.9 Å². The van der Waals surface area contributed by atoms with Crippen molar-refractivity contribution in [2.45, 2.75) is 19.4 Å². The van der Waals surface area contributed by atoms with E-state index in [4.69, 9.17) is 0 Å². The van der Waals surface area contributed by atoms with Gasteiger partial charge in [-0.05, 0) is 26.1 Å². The lowest BCUT2D eigenvalue weighted by molar-refractivity contribution is -0.118. The van der Waals surface area contributed by atoms with Gasteiger partial charge >= 0.3 is 0 Å². The normalized spacial score (nSPS) is 17.9. The van der Waals surface area contributed by atoms with E-state index in [1.807, 2.05) is 31.2 Å². The Hall–Kier alpha value is -1.59. The number of benzene rings is 1. The number of amides is 2. The summed E-state index contributed by atoms with van der Waals surface area (Å²) in [6.07, 6.45) is 0.310. The highest BCUT2D eigenvalue weighted by Crippen LogP contribution is 2.30. The summed E-state index contributed by atoms with van der Waals surface area (Å²) < 4.78 is 0. The first-order valence-electron chi connectivity index (χ1n) is 5.99. The zero-order chi connectivity index (χ0) is 13.1. The molecule has 1 aromatic rings. The summed E-state index contributed by atoms with van der Waals surface area (Å²) in [7, 11) is 1.73. The second-order valence-electron chi connectivity index (χ2n) is 4.41. The van der Waals surface area contributed by atoms with E-state index >= 15 is 0 Å². The first-order valence-corrected chi connectivity index (χ1v) is 5.99. The topological polar surface area (TPSA) is 61.4 Å². The fourth-order valence-electron chi connectivity index (χ4n) is 2.20. The lowest BCUT2D eigenvalue weighted by atomic mass is 10.1. The Balaban J connectivity index is 0.00000180. The molecule has 6 heteroatoms. The summed E-state index contributed by atoms with van der Waals surface area (Å²) in [5.74, 6) is -0.0938. The van der Waals surface area contributed by atoms with E-state index in [2.05, 4.69) is 10.6 Å². The van der Waals surface area contributed by atoms with E-state index in [1.54, 1.807) is 11.9 Å². The van der Waals surface area contributed by atoms with Crippen molar-refractivity contribution in [3.63, 3.8) is 0 Å². The summed E-state index contributed by atoms with van der Waals surface area (Å²) in [6, 6.07) is 7.23. The zero-order valence-corrected chi connectivity index (χ0v) is 11.8. The average Bonchev–Trinajstić information content (AvgIpc) is 2.43. The van der Waals surface area contributed by atoms with Gasteiger partial charge in [-0.25, -0.2) is 0 Å². The third-order valence-corrected chi connectivity index (χ3v) is 2.96. The SMILES string of the molecule is CNCC(=O)N1c2ccccc2NC(=O)CC1C.Cl. The number of halogens is 1. The van der Waals surface area contributed by atoms with Crippen LogP contribution < -0.4 is 15.5 Å². The van der Waals surface area contributed by atoms with Crippen molar-refractivity contribution in [1.82, 2.24) is 5.32 Å². The Bertz CT molecular complexity index is 479. The van der Waals surface area contributed by atoms with Gasteiger partial charge in [0.25, 0.3) is 0 Å². The van der Waals surface area contributed by atoms with Gasteiger partial charge in [-0.1, -0.05) is 12.1 Å². The highest BCUT2D eigenvalue weighted by atomic mass is 35.5. The Morgan fingerprint density at radius 2 is 2.16 bits per heavy atom. The van der Waals surface area contributed by atoms with E-state index in [-0.39, 0.29) is 36.8 Å². The van der Waals surface area contributed by atoms with Crippen molar-refractivity contribution in [2.24, 2.45) is 0 Å². The molecule has 0 spiro atoms. The molecule has 0 aliphatic carbocycles. The molecule has 1 heterocycles. The van der Waals surface area contributed by atoms with Crippen LogP contribution in [0.5, 0.6) is 0 Å². The minimum atomic E-state index is -0.144. The third-order valence-electron chi connectivity index (χ3n) is 2.96. The van der Waals surface area contributed by atoms with Gasteiger partial charge in [0.2, 0.25) is 11.8 Å². The number of para-hydroxylation sites is 2. The summed E-state index contributed by atoms with van der Waals surface area (Å²) >= 11 is 0. The van der Waals surface area contributed by atoms with Crippen molar-refractivity contribution in [3.05, 3.63) is 24.3 Å². The molecule has 0 fully saturated rings. The van der Waals surface area contributed by atoms with Crippen molar-refractivity contribution < 1.29 is 9.59 Å². The zero-order valence-electron chi connectivity index (χ0n) is 11.0. The van der Waals surface area contributed by atoms with E-state index < -0.39 is 0 Å². The maximum atomic E-state index is 12.2. The molecule has 2 N–H and O–H groups in total. The van der Waals surface area contributed by atoms with Gasteiger partial charge in [0.1, 0.15) is 0 Å². The Labute approximate surface area is 118 Å². The number of nitrogens with zero attached hydrogens (tertiary/aromatic N) is 1. The molecule has 2 amide bonds. The fourth-order valence-corrected chi connectivity index (χ4v) is 2.20. The van der Waals surface area contributed by atoms with Crippen molar-refractivity contribution >= 4 is 35.6 Å². The second kappa shape index (κ2) is 6.54. The number of likely N-dealkylation sites (N-methyl/N-ethyl adjacent to an activating group) is 1. The highest BCUT2D eigenvalue weighted by molar-refractivity contribution is 6.04. The van der Waals surface area contributed by atoms with E-state index in [0.717, 1.165) is 5.69 Å². The first kappa shape index (κ1) is 15.5. The number of fused-ring (bicyclic) bond motifs is 1. The van der Waals surface area contributed by atoms with Crippen molar-refractivity contribution in [2.75, 3.05) is 23.8 Å². The molecule has 0 bridgehead atoms. The first-order chi connectivity index (χ1) is 8.63. The van der Waals surface area contributed by atoms with Crippen LogP contribution >= 0.6 is 12.4 Å². The predicted molar refractivity (Wildman–Crippen MR) is 77.8 cm³/mol. The lowest BCUT2D eigenvalue weighted by Gasteiger charge is -2.27. The number of carbonyl (C=O) groups is 2. The standard InChI is InChI=1S/C13H17N3O2.ClH/c1-9-7-12(17)15-10-5-3-4-6-11(10)16(9)13(18)8-14-2;/h3-6,9,14H,7-8H2,1-2H3,(H,15,17);1H. The summed E-state index contributed by atoms with van der Waals surface area (Å²) in [6.45, 7) is 2.14. The van der Waals surface area contributed by atoms with Gasteiger partial charge in [-0.15, -0.1) is 12.4 Å². The number of rotatable bonds is 2. The number of hydrogen-bond donors (Lipinski definition) is 2. The van der Waals surface area contributed by atoms with Crippen LogP contribution in [0, 0.1) is 0 Å². The lowest BCUT2D eigenvalue weighted by Crippen LogP contribution is -2.43. The monoisotopic (exact) mass is 283 g/mol. The minimum absolute atomic E-state index is 0. The third kappa shape index (κ3) is 3.24. The van der Waals surface area contributed by atoms with Crippen LogP contribution in [0.25, 0.3) is 0 Å². The van der Waals surface area contributed by atoms with Crippen LogP contribution in [0.1, 0.15) is 13.3 Å². The van der Waals surface area contributed by atoms with Crippen molar-refractivity contribution in [1.29, 1.82) is 0 Å². The fraction of sp³-hybridized carbons (Fsp3) is 0.385. The Morgan fingerprint density at radius 3 is 2.84 bits per heavy atom. The molecule has 5 nitrogen and oxygen atoms in total. The molecule has 1 aromatic carbocycles. The molecule has 1 aliphatic rings. The molecule has 2 rings (SSSR count). The van der Waals surface area contributed by atoms with Gasteiger partial charge < -0.3 is 15.5 Å². The number of hydrogen-bond acceptors (Lipinski definition) is 3. The maximum Gasteiger partial charge on any atom is 0.241 e. The van der Waals surface area contributed by atoms with Crippen molar-refractivity contribution in [3.8, 4) is 0 Å². The number of carbonyl (C=O) groups excluding carboxylic acids is 2. The number of nitrogens with one attached hydrogen (secondary N) is 2. The molecule has 1 unspecified atom stereocenters. The summed E-state index contributed by atoms with van der Waals surface area (Å²) in [4.78, 5) is 25.6. The van der Waals surface area contributed by atoms with Gasteiger partial charge in [-0.3, -0.25) is 9.59 Å². The van der Waals surface area contributed by atoms with Crippen LogP contribution in [0.2, 0.25) is 0 Å². The molecular weight excluding hydrogens is 266 g/mol. The maximum absolute atomic E-state index is 12.2. The second-order valence-corrected chi connectivity index (χ2v) is 4.41. The summed E-state index contributed by atoms with van der Waals surface area (Å²) in [5.41, 5.74) is 1.45. The Morgan fingerprint density at radius 1 is 1.47 bits per heavy atom. The molecule has 0 radical (unpaired) electrons. The quantitative estimate of drug-likeness (QED) is 0.862. The average molecular weight is 284 g/mol. The Kier molecular flexibility index (Phi) is 5.32. The molecule has 0 aromatic heterocycles. The van der Waals surface area contributed by atoms with Crippen LogP contribution in [-0.2, 0) is 9.59 Å². The molecule has 0 saturated heterocycles. The van der Waals surface area contributed by atoms with Crippen LogP contribution in [0.4, 0.5) is 11.4 Å². The van der Waals surface area contributed by atoms with Gasteiger partial charge in [0, 0.05) is 12.5 Å². The molecule has 104 valence electrons. The molecule has 1 atom stereocenters. The molecule has 19 heavy (non-hydrogen) atoms. The van der Waals surface area contributed by atoms with Crippen LogP contribution in [0.15, 0.2) is 24.3 Å². The van der Waals surface area contributed by atoms with Crippen LogP contribution in [-0.4, -0.2) is 31.4 Å². The van der Waals surface area contributed by atoms with Gasteiger partial charge in [0.15, 0.2) is 0 Å². The van der Waals surface area contributed by atoms with Gasteiger partial charge in [-0.2, -0.15) is 0 Å². The highest BCUT2D eigenvalue weighted by Gasteiger charge is 2.28. The molecule has 0 saturated carbocycles. The summed E-state index contributed by atoms with van der Waals surface area (Å²) in [5, 5.41) is 5.68. The smallest absolute Gasteiger partial charge is 0.241 e. The van der Waals surface area contributed by atoms with E-state index in [1.165, 1.54) is 0 Å². The predicted octanol–water partition coefficient (Wildman–Crippen LogP) is 1.39.